The van der Waals surface area contributed by atoms with Crippen LogP contribution in [0.5, 0.6) is 0 Å². The Morgan fingerprint density at radius 2 is 2.05 bits per heavy atom. The van der Waals surface area contributed by atoms with Crippen molar-refractivity contribution in [2.24, 2.45) is 11.7 Å². The van der Waals surface area contributed by atoms with E-state index in [4.69, 9.17) is 10.5 Å². The quantitative estimate of drug-likeness (QED) is 0.799. The molecule has 1 amide bonds. The lowest BCUT2D eigenvalue weighted by molar-refractivity contribution is -0.134. The summed E-state index contributed by atoms with van der Waals surface area (Å²) < 4.78 is 5.14. The minimum absolute atomic E-state index is 0.128. The van der Waals surface area contributed by atoms with Gasteiger partial charge in [-0.2, -0.15) is 0 Å². The van der Waals surface area contributed by atoms with Crippen LogP contribution in [0.15, 0.2) is 30.3 Å². The lowest BCUT2D eigenvalue weighted by Gasteiger charge is -2.30. The second kappa shape index (κ2) is 7.57. The summed E-state index contributed by atoms with van der Waals surface area (Å²) in [5.74, 6) is 0.779. The second-order valence-corrected chi connectivity index (χ2v) is 5.88. The van der Waals surface area contributed by atoms with Gasteiger partial charge in [0.2, 0.25) is 5.91 Å². The van der Waals surface area contributed by atoms with Crippen LogP contribution in [-0.4, -0.2) is 37.1 Å². The fraction of sp³-hybridized carbons (Fsp3) is 0.588. The number of methoxy groups -OCH3 is 1. The molecular formula is C17H26N2O2. The van der Waals surface area contributed by atoms with E-state index in [1.807, 2.05) is 35.2 Å². The van der Waals surface area contributed by atoms with Gasteiger partial charge in [-0.1, -0.05) is 30.3 Å². The number of nitrogens with zero attached hydrogens (tertiary/aromatic N) is 1. The topological polar surface area (TPSA) is 55.6 Å². The van der Waals surface area contributed by atoms with Crippen LogP contribution < -0.4 is 5.73 Å². The van der Waals surface area contributed by atoms with E-state index >= 15 is 0 Å². The normalized spacial score (nSPS) is 17.3. The van der Waals surface area contributed by atoms with Gasteiger partial charge in [-0.3, -0.25) is 4.79 Å². The molecule has 0 aliphatic heterocycles. The van der Waals surface area contributed by atoms with E-state index in [0.29, 0.717) is 25.5 Å². The highest BCUT2D eigenvalue weighted by molar-refractivity contribution is 5.77. The molecule has 2 rings (SSSR count). The number of hydrogen-bond acceptors (Lipinski definition) is 3. The van der Waals surface area contributed by atoms with Gasteiger partial charge in [0.1, 0.15) is 0 Å². The summed E-state index contributed by atoms with van der Waals surface area (Å²) in [6.07, 6.45) is 2.80. The Hall–Kier alpha value is -1.39. The highest BCUT2D eigenvalue weighted by Gasteiger charge is 2.34. The number of hydrogen-bond donors (Lipinski definition) is 1. The Morgan fingerprint density at radius 1 is 1.38 bits per heavy atom. The summed E-state index contributed by atoms with van der Waals surface area (Å²) >= 11 is 0. The van der Waals surface area contributed by atoms with E-state index in [1.54, 1.807) is 7.11 Å². The summed E-state index contributed by atoms with van der Waals surface area (Å²) in [6, 6.07) is 9.86. The number of ether oxygens (including phenoxy) is 1. The van der Waals surface area contributed by atoms with Gasteiger partial charge in [-0.05, 0) is 31.2 Å². The van der Waals surface area contributed by atoms with Crippen molar-refractivity contribution in [3.63, 3.8) is 0 Å². The summed E-state index contributed by atoms with van der Waals surface area (Å²) in [4.78, 5) is 14.5. The zero-order valence-electron chi connectivity index (χ0n) is 13.0. The van der Waals surface area contributed by atoms with Crippen LogP contribution in [0, 0.1) is 5.92 Å². The molecule has 2 atom stereocenters. The van der Waals surface area contributed by atoms with Crippen molar-refractivity contribution in [2.45, 2.75) is 38.3 Å². The van der Waals surface area contributed by atoms with Gasteiger partial charge < -0.3 is 15.4 Å². The first-order chi connectivity index (χ1) is 10.1. The average molecular weight is 290 g/mol. The first-order valence-electron chi connectivity index (χ1n) is 7.72. The fourth-order valence-corrected chi connectivity index (χ4v) is 2.70. The van der Waals surface area contributed by atoms with Crippen LogP contribution in [-0.2, 0) is 9.53 Å². The molecule has 0 radical (unpaired) electrons. The largest absolute Gasteiger partial charge is 0.383 e. The molecule has 1 aromatic carbocycles. The molecule has 4 nitrogen and oxygen atoms in total. The second-order valence-electron chi connectivity index (χ2n) is 5.88. The first kappa shape index (κ1) is 16.0. The molecule has 1 aliphatic carbocycles. The molecule has 1 aliphatic rings. The SMILES string of the molecule is COCCN(C(=O)CC(N)c1ccccc1)C(C)C1CC1. The van der Waals surface area contributed by atoms with Gasteiger partial charge in [-0.15, -0.1) is 0 Å². The van der Waals surface area contributed by atoms with E-state index in [1.165, 1.54) is 12.8 Å². The maximum absolute atomic E-state index is 12.6. The molecule has 116 valence electrons. The van der Waals surface area contributed by atoms with Gasteiger partial charge in [0.15, 0.2) is 0 Å². The zero-order valence-corrected chi connectivity index (χ0v) is 13.0. The Morgan fingerprint density at radius 3 is 2.62 bits per heavy atom. The molecule has 0 spiro atoms. The number of benzene rings is 1. The number of amides is 1. The molecule has 2 unspecified atom stereocenters. The smallest absolute Gasteiger partial charge is 0.224 e. The van der Waals surface area contributed by atoms with Crippen molar-refractivity contribution < 1.29 is 9.53 Å². The molecule has 0 heterocycles. The van der Waals surface area contributed by atoms with Gasteiger partial charge in [-0.25, -0.2) is 0 Å². The molecule has 21 heavy (non-hydrogen) atoms. The third kappa shape index (κ3) is 4.55. The van der Waals surface area contributed by atoms with Gasteiger partial charge in [0.25, 0.3) is 0 Å². The van der Waals surface area contributed by atoms with Crippen LogP contribution in [0.3, 0.4) is 0 Å². The molecule has 1 fully saturated rings. The number of carbonyl (C=O) groups is 1. The Balaban J connectivity index is 1.96. The molecule has 0 saturated heterocycles. The summed E-state index contributed by atoms with van der Waals surface area (Å²) in [6.45, 7) is 3.36. The third-order valence-corrected chi connectivity index (χ3v) is 4.27. The van der Waals surface area contributed by atoms with E-state index in [2.05, 4.69) is 6.92 Å². The standard InChI is InChI=1S/C17H26N2O2/c1-13(14-8-9-14)19(10-11-21-2)17(20)12-16(18)15-6-4-3-5-7-15/h3-7,13-14,16H,8-12,18H2,1-2H3. The van der Waals surface area contributed by atoms with Crippen molar-refractivity contribution in [3.05, 3.63) is 35.9 Å². The summed E-state index contributed by atoms with van der Waals surface area (Å²) in [5.41, 5.74) is 7.19. The van der Waals surface area contributed by atoms with Crippen LogP contribution in [0.25, 0.3) is 0 Å². The van der Waals surface area contributed by atoms with Crippen molar-refractivity contribution in [3.8, 4) is 0 Å². The number of carbonyl (C=O) groups excluding carboxylic acids is 1. The number of rotatable bonds is 8. The lowest BCUT2D eigenvalue weighted by Crippen LogP contribution is -2.43. The molecule has 0 bridgehead atoms. The Labute approximate surface area is 127 Å². The predicted octanol–water partition coefficient (Wildman–Crippen LogP) is 2.35. The van der Waals surface area contributed by atoms with Crippen molar-refractivity contribution in [1.82, 2.24) is 4.90 Å². The van der Waals surface area contributed by atoms with Gasteiger partial charge in [0.05, 0.1) is 6.61 Å². The van der Waals surface area contributed by atoms with Crippen molar-refractivity contribution >= 4 is 5.91 Å². The maximum atomic E-state index is 12.6. The van der Waals surface area contributed by atoms with E-state index in [0.717, 1.165) is 5.56 Å². The molecule has 1 saturated carbocycles. The first-order valence-corrected chi connectivity index (χ1v) is 7.72. The lowest BCUT2D eigenvalue weighted by atomic mass is 10.0. The van der Waals surface area contributed by atoms with Crippen LogP contribution in [0.4, 0.5) is 0 Å². The molecule has 1 aromatic rings. The van der Waals surface area contributed by atoms with Crippen LogP contribution in [0.2, 0.25) is 0 Å². The van der Waals surface area contributed by atoms with Crippen LogP contribution >= 0.6 is 0 Å². The average Bonchev–Trinajstić information content (AvgIpc) is 3.33. The molecular weight excluding hydrogens is 264 g/mol. The summed E-state index contributed by atoms with van der Waals surface area (Å²) in [5, 5.41) is 0. The Bertz CT molecular complexity index is 445. The van der Waals surface area contributed by atoms with E-state index in [9.17, 15) is 4.79 Å². The molecule has 0 aromatic heterocycles. The van der Waals surface area contributed by atoms with Gasteiger partial charge >= 0.3 is 0 Å². The van der Waals surface area contributed by atoms with Gasteiger partial charge in [0, 0.05) is 32.2 Å². The minimum Gasteiger partial charge on any atom is -0.383 e. The monoisotopic (exact) mass is 290 g/mol. The highest BCUT2D eigenvalue weighted by Crippen LogP contribution is 2.35. The Kier molecular flexibility index (Phi) is 5.76. The maximum Gasteiger partial charge on any atom is 0.224 e. The molecule has 4 heteroatoms. The van der Waals surface area contributed by atoms with Crippen molar-refractivity contribution in [1.29, 1.82) is 0 Å². The zero-order chi connectivity index (χ0) is 15.2. The van der Waals surface area contributed by atoms with E-state index in [-0.39, 0.29) is 18.0 Å². The minimum atomic E-state index is -0.241. The van der Waals surface area contributed by atoms with E-state index < -0.39 is 0 Å². The number of nitrogens with two attached hydrogens (primary N) is 1. The molecule has 2 N–H and O–H groups in total. The van der Waals surface area contributed by atoms with Crippen molar-refractivity contribution in [2.75, 3.05) is 20.3 Å². The highest BCUT2D eigenvalue weighted by atomic mass is 16.5. The van der Waals surface area contributed by atoms with Crippen LogP contribution in [0.1, 0.15) is 37.8 Å². The predicted molar refractivity (Wildman–Crippen MR) is 83.8 cm³/mol. The summed E-state index contributed by atoms with van der Waals surface area (Å²) in [7, 11) is 1.67. The third-order valence-electron chi connectivity index (χ3n) is 4.27. The fourth-order valence-electron chi connectivity index (χ4n) is 2.70.